The first-order valence-corrected chi connectivity index (χ1v) is 11.9. The Morgan fingerprint density at radius 1 is 1.20 bits per heavy atom. The number of ether oxygens (including phenoxy) is 1. The molecule has 35 heavy (non-hydrogen) atoms. The third kappa shape index (κ3) is 4.95. The van der Waals surface area contributed by atoms with Crippen LogP contribution in [0.15, 0.2) is 61.1 Å². The van der Waals surface area contributed by atoms with E-state index in [9.17, 15) is 9.59 Å². The lowest BCUT2D eigenvalue weighted by Gasteiger charge is -2.27. The van der Waals surface area contributed by atoms with E-state index in [0.717, 1.165) is 5.56 Å². The number of amides is 2. The molecule has 0 atom stereocenters. The number of pyridine rings is 1. The fourth-order valence-corrected chi connectivity index (χ4v) is 4.71. The second-order valence-corrected chi connectivity index (χ2v) is 9.40. The highest BCUT2D eigenvalue weighted by molar-refractivity contribution is 7.18. The minimum absolute atomic E-state index is 0.0240. The number of anilines is 1. The number of benzene rings is 1. The summed E-state index contributed by atoms with van der Waals surface area (Å²) >= 11 is 7.10. The van der Waals surface area contributed by atoms with E-state index in [-0.39, 0.29) is 30.7 Å². The Hall–Kier alpha value is -3.60. The zero-order valence-corrected chi connectivity index (χ0v) is 19.9. The second-order valence-electron chi connectivity index (χ2n) is 7.68. The highest BCUT2D eigenvalue weighted by Crippen LogP contribution is 2.28. The molecule has 178 valence electrons. The smallest absolute Gasteiger partial charge is 0.261 e. The average molecular weight is 512 g/mol. The fourth-order valence-electron chi connectivity index (χ4n) is 3.75. The predicted molar refractivity (Wildman–Crippen MR) is 130 cm³/mol. The van der Waals surface area contributed by atoms with Gasteiger partial charge in [0.2, 0.25) is 0 Å². The van der Waals surface area contributed by atoms with Crippen LogP contribution in [0.2, 0.25) is 4.34 Å². The first kappa shape index (κ1) is 23.2. The number of nitrogens with one attached hydrogen (secondary N) is 1. The van der Waals surface area contributed by atoms with Gasteiger partial charge in [0.05, 0.1) is 33.7 Å². The van der Waals surface area contributed by atoms with Gasteiger partial charge in [-0.3, -0.25) is 19.1 Å². The minimum atomic E-state index is -0.515. The standard InChI is InChI=1S/C24H19ClFN5O3S/c25-21-4-3-20(35-21)24(33)28-12-16-13-31(23(29-16)15-5-7-27-8-6-15)19-2-1-17(11-18(19)26)30-9-10-34-14-22(30)32/h1-8,11,13H,9-10,12,14H2,(H,28,33). The molecule has 0 spiro atoms. The summed E-state index contributed by atoms with van der Waals surface area (Å²) in [4.78, 5) is 35.3. The van der Waals surface area contributed by atoms with Gasteiger partial charge < -0.3 is 15.0 Å². The van der Waals surface area contributed by atoms with Crippen LogP contribution in [0.4, 0.5) is 10.1 Å². The van der Waals surface area contributed by atoms with Gasteiger partial charge in [-0.05, 0) is 42.5 Å². The molecule has 8 nitrogen and oxygen atoms in total. The van der Waals surface area contributed by atoms with Gasteiger partial charge in [-0.25, -0.2) is 9.37 Å². The number of carbonyl (C=O) groups excluding carboxylic acids is 2. The number of thiophene rings is 1. The maximum Gasteiger partial charge on any atom is 0.261 e. The molecule has 1 aliphatic heterocycles. The number of halogens is 2. The minimum Gasteiger partial charge on any atom is -0.370 e. The highest BCUT2D eigenvalue weighted by Gasteiger charge is 2.22. The average Bonchev–Trinajstić information content (AvgIpc) is 3.50. The zero-order chi connectivity index (χ0) is 24.4. The molecule has 0 unspecified atom stereocenters. The molecule has 1 aliphatic rings. The van der Waals surface area contributed by atoms with Crippen LogP contribution in [0, 0.1) is 5.82 Å². The summed E-state index contributed by atoms with van der Waals surface area (Å²) in [6.07, 6.45) is 4.93. The number of imidazole rings is 1. The maximum atomic E-state index is 15.3. The molecular weight excluding hydrogens is 493 g/mol. The van der Waals surface area contributed by atoms with Crippen LogP contribution in [0.1, 0.15) is 15.4 Å². The van der Waals surface area contributed by atoms with E-state index in [1.165, 1.54) is 22.3 Å². The lowest BCUT2D eigenvalue weighted by atomic mass is 10.2. The molecule has 1 aromatic carbocycles. The van der Waals surface area contributed by atoms with Crippen molar-refractivity contribution in [1.82, 2.24) is 19.9 Å². The summed E-state index contributed by atoms with van der Waals surface area (Å²) in [6, 6.07) is 11.5. The second kappa shape index (κ2) is 9.95. The van der Waals surface area contributed by atoms with Crippen molar-refractivity contribution < 1.29 is 18.7 Å². The van der Waals surface area contributed by atoms with Gasteiger partial charge in [0, 0.05) is 36.4 Å². The van der Waals surface area contributed by atoms with Crippen molar-refractivity contribution in [3.63, 3.8) is 0 Å². The Bertz CT molecular complexity index is 1390. The Labute approximate surface area is 209 Å². The van der Waals surface area contributed by atoms with Gasteiger partial charge in [-0.2, -0.15) is 0 Å². The molecule has 3 aromatic heterocycles. The molecule has 1 fully saturated rings. The number of rotatable bonds is 6. The summed E-state index contributed by atoms with van der Waals surface area (Å²) in [6.45, 7) is 0.880. The summed E-state index contributed by atoms with van der Waals surface area (Å²) < 4.78 is 22.7. The molecule has 5 rings (SSSR count). The molecular formula is C24H19ClFN5O3S. The first-order chi connectivity index (χ1) is 17.0. The van der Waals surface area contributed by atoms with Crippen LogP contribution in [0.3, 0.4) is 0 Å². The maximum absolute atomic E-state index is 15.3. The summed E-state index contributed by atoms with van der Waals surface area (Å²) in [5.41, 5.74) is 2.00. The Balaban J connectivity index is 1.46. The normalized spacial score (nSPS) is 13.8. The van der Waals surface area contributed by atoms with Crippen molar-refractivity contribution >= 4 is 40.4 Å². The molecule has 0 bridgehead atoms. The van der Waals surface area contributed by atoms with Crippen molar-refractivity contribution in [2.75, 3.05) is 24.7 Å². The monoisotopic (exact) mass is 511 g/mol. The lowest BCUT2D eigenvalue weighted by Crippen LogP contribution is -2.41. The Morgan fingerprint density at radius 3 is 2.74 bits per heavy atom. The molecule has 0 aliphatic carbocycles. The van der Waals surface area contributed by atoms with Crippen LogP contribution in [-0.4, -0.2) is 46.1 Å². The van der Waals surface area contributed by atoms with E-state index >= 15 is 4.39 Å². The van der Waals surface area contributed by atoms with E-state index in [1.54, 1.807) is 59.6 Å². The number of hydrogen-bond acceptors (Lipinski definition) is 6. The van der Waals surface area contributed by atoms with Crippen LogP contribution in [0.5, 0.6) is 0 Å². The van der Waals surface area contributed by atoms with E-state index in [0.29, 0.717) is 39.6 Å². The van der Waals surface area contributed by atoms with Crippen LogP contribution >= 0.6 is 22.9 Å². The van der Waals surface area contributed by atoms with E-state index in [4.69, 9.17) is 16.3 Å². The fraction of sp³-hybridized carbons (Fsp3) is 0.167. The predicted octanol–water partition coefficient (Wildman–Crippen LogP) is 4.08. The lowest BCUT2D eigenvalue weighted by molar-refractivity contribution is -0.125. The molecule has 11 heteroatoms. The van der Waals surface area contributed by atoms with Gasteiger partial charge in [-0.15, -0.1) is 11.3 Å². The highest BCUT2D eigenvalue weighted by atomic mass is 35.5. The summed E-state index contributed by atoms with van der Waals surface area (Å²) in [5.74, 6) is -0.510. The molecule has 0 radical (unpaired) electrons. The van der Waals surface area contributed by atoms with Crippen molar-refractivity contribution in [2.45, 2.75) is 6.54 Å². The number of carbonyl (C=O) groups is 2. The van der Waals surface area contributed by atoms with Crippen LogP contribution in [0.25, 0.3) is 17.1 Å². The number of morpholine rings is 1. The molecule has 4 aromatic rings. The SMILES string of the molecule is O=C(NCc1cn(-c2ccc(N3CCOCC3=O)cc2F)c(-c2ccncc2)n1)c1ccc(Cl)s1. The Kier molecular flexibility index (Phi) is 6.58. The van der Waals surface area contributed by atoms with Gasteiger partial charge in [0.15, 0.2) is 0 Å². The number of hydrogen-bond donors (Lipinski definition) is 1. The van der Waals surface area contributed by atoms with Crippen molar-refractivity contribution in [3.8, 4) is 17.1 Å². The van der Waals surface area contributed by atoms with Crippen LogP contribution in [-0.2, 0) is 16.1 Å². The number of aromatic nitrogens is 3. The molecule has 4 heterocycles. The largest absolute Gasteiger partial charge is 0.370 e. The van der Waals surface area contributed by atoms with Crippen molar-refractivity contribution in [2.24, 2.45) is 0 Å². The summed E-state index contributed by atoms with van der Waals surface area (Å²) in [5, 5.41) is 2.82. The van der Waals surface area contributed by atoms with Gasteiger partial charge in [-0.1, -0.05) is 11.6 Å². The summed E-state index contributed by atoms with van der Waals surface area (Å²) in [7, 11) is 0. The van der Waals surface area contributed by atoms with Gasteiger partial charge in [0.25, 0.3) is 11.8 Å². The van der Waals surface area contributed by atoms with Crippen LogP contribution < -0.4 is 10.2 Å². The quantitative estimate of drug-likeness (QED) is 0.421. The molecule has 1 N–H and O–H groups in total. The molecule has 1 saturated heterocycles. The van der Waals surface area contributed by atoms with Gasteiger partial charge in [0.1, 0.15) is 18.2 Å². The third-order valence-corrected chi connectivity index (χ3v) is 6.64. The number of nitrogens with zero attached hydrogens (tertiary/aromatic N) is 4. The van der Waals surface area contributed by atoms with Crippen molar-refractivity contribution in [3.05, 3.63) is 81.8 Å². The Morgan fingerprint density at radius 2 is 2.03 bits per heavy atom. The van der Waals surface area contributed by atoms with E-state index < -0.39 is 5.82 Å². The first-order valence-electron chi connectivity index (χ1n) is 10.7. The van der Waals surface area contributed by atoms with E-state index in [1.807, 2.05) is 0 Å². The van der Waals surface area contributed by atoms with E-state index in [2.05, 4.69) is 15.3 Å². The topological polar surface area (TPSA) is 89.4 Å². The molecule has 2 amide bonds. The van der Waals surface area contributed by atoms with Gasteiger partial charge >= 0.3 is 0 Å². The van der Waals surface area contributed by atoms with Crippen molar-refractivity contribution in [1.29, 1.82) is 0 Å². The third-order valence-electron chi connectivity index (χ3n) is 5.41. The zero-order valence-electron chi connectivity index (χ0n) is 18.3. The molecule has 0 saturated carbocycles.